The van der Waals surface area contributed by atoms with Gasteiger partial charge in [-0.3, -0.25) is 4.79 Å². The minimum absolute atomic E-state index is 0.0193. The van der Waals surface area contributed by atoms with Crippen LogP contribution in [-0.2, 0) is 4.79 Å². The number of hydrogen-bond acceptors (Lipinski definition) is 4. The molecule has 0 unspecified atom stereocenters. The van der Waals surface area contributed by atoms with Gasteiger partial charge in [0.25, 0.3) is 5.91 Å². The summed E-state index contributed by atoms with van der Waals surface area (Å²) in [5.41, 5.74) is 5.93. The van der Waals surface area contributed by atoms with Crippen molar-refractivity contribution in [1.29, 1.82) is 0 Å². The number of rotatable bonds is 5. The van der Waals surface area contributed by atoms with Crippen LogP contribution in [0.15, 0.2) is 18.2 Å². The van der Waals surface area contributed by atoms with Crippen molar-refractivity contribution >= 4 is 17.6 Å². The molecule has 0 atom stereocenters. The standard InChI is InChI=1S/C13H18N2O4/c1-8(2)15(3)12(16)7-19-11-6-9(14)4-5-10(11)13(17)18/h4-6,8H,7,14H2,1-3H3,(H,17,18). The largest absolute Gasteiger partial charge is 0.483 e. The van der Waals surface area contributed by atoms with Gasteiger partial charge < -0.3 is 20.5 Å². The Morgan fingerprint density at radius 1 is 1.42 bits per heavy atom. The Balaban J connectivity index is 2.80. The average molecular weight is 266 g/mol. The normalized spacial score (nSPS) is 10.3. The van der Waals surface area contributed by atoms with Crippen molar-refractivity contribution in [2.45, 2.75) is 19.9 Å². The van der Waals surface area contributed by atoms with Gasteiger partial charge in [-0.25, -0.2) is 4.79 Å². The first-order valence-electron chi connectivity index (χ1n) is 5.84. The molecule has 3 N–H and O–H groups in total. The fourth-order valence-corrected chi connectivity index (χ4v) is 1.36. The predicted octanol–water partition coefficient (Wildman–Crippen LogP) is 1.21. The predicted molar refractivity (Wildman–Crippen MR) is 71.2 cm³/mol. The van der Waals surface area contributed by atoms with Gasteiger partial charge in [-0.1, -0.05) is 0 Å². The van der Waals surface area contributed by atoms with Gasteiger partial charge in [0.2, 0.25) is 0 Å². The molecule has 0 saturated heterocycles. The Hall–Kier alpha value is -2.24. The van der Waals surface area contributed by atoms with E-state index in [1.165, 1.54) is 23.1 Å². The van der Waals surface area contributed by atoms with E-state index in [1.54, 1.807) is 7.05 Å². The second kappa shape index (κ2) is 6.08. The van der Waals surface area contributed by atoms with Gasteiger partial charge in [0, 0.05) is 24.8 Å². The summed E-state index contributed by atoms with van der Waals surface area (Å²) in [5.74, 6) is -1.26. The van der Waals surface area contributed by atoms with Crippen LogP contribution < -0.4 is 10.5 Å². The molecule has 1 aromatic carbocycles. The van der Waals surface area contributed by atoms with E-state index in [0.29, 0.717) is 5.69 Å². The third kappa shape index (κ3) is 3.87. The van der Waals surface area contributed by atoms with Gasteiger partial charge in [0.05, 0.1) is 0 Å². The van der Waals surface area contributed by atoms with E-state index >= 15 is 0 Å². The number of nitrogen functional groups attached to an aromatic ring is 1. The Kier molecular flexibility index (Phi) is 4.74. The molecule has 6 heteroatoms. The lowest BCUT2D eigenvalue weighted by Crippen LogP contribution is -2.36. The molecule has 0 spiro atoms. The lowest BCUT2D eigenvalue weighted by atomic mass is 10.2. The van der Waals surface area contributed by atoms with Crippen LogP contribution >= 0.6 is 0 Å². The molecule has 0 aromatic heterocycles. The zero-order valence-electron chi connectivity index (χ0n) is 11.2. The number of carboxylic acids is 1. The van der Waals surface area contributed by atoms with Gasteiger partial charge in [-0.15, -0.1) is 0 Å². The summed E-state index contributed by atoms with van der Waals surface area (Å²) in [7, 11) is 1.66. The van der Waals surface area contributed by atoms with Crippen LogP contribution in [0.2, 0.25) is 0 Å². The van der Waals surface area contributed by atoms with E-state index in [9.17, 15) is 9.59 Å². The molecule has 1 aromatic rings. The van der Waals surface area contributed by atoms with Gasteiger partial charge in [-0.05, 0) is 26.0 Å². The molecule has 0 saturated carbocycles. The number of carboxylic acid groups (broad SMARTS) is 1. The maximum atomic E-state index is 11.7. The third-order valence-corrected chi connectivity index (χ3v) is 2.76. The molecule has 0 bridgehead atoms. The van der Waals surface area contributed by atoms with E-state index in [2.05, 4.69) is 0 Å². The highest BCUT2D eigenvalue weighted by Gasteiger charge is 2.16. The monoisotopic (exact) mass is 266 g/mol. The number of nitrogens with two attached hydrogens (primary N) is 1. The van der Waals surface area contributed by atoms with Crippen molar-refractivity contribution in [1.82, 2.24) is 4.90 Å². The number of nitrogens with zero attached hydrogens (tertiary/aromatic N) is 1. The number of likely N-dealkylation sites (N-methyl/N-ethyl adjacent to an activating group) is 1. The van der Waals surface area contributed by atoms with Crippen molar-refractivity contribution < 1.29 is 19.4 Å². The summed E-state index contributed by atoms with van der Waals surface area (Å²) in [6, 6.07) is 4.27. The van der Waals surface area contributed by atoms with Gasteiger partial charge in [0.1, 0.15) is 11.3 Å². The quantitative estimate of drug-likeness (QED) is 0.781. The molecule has 0 aliphatic rings. The van der Waals surface area contributed by atoms with Gasteiger partial charge >= 0.3 is 5.97 Å². The SMILES string of the molecule is CC(C)N(C)C(=O)COc1cc(N)ccc1C(=O)O. The lowest BCUT2D eigenvalue weighted by Gasteiger charge is -2.21. The Morgan fingerprint density at radius 3 is 2.58 bits per heavy atom. The average Bonchev–Trinajstić information content (AvgIpc) is 2.34. The number of anilines is 1. The number of benzene rings is 1. The highest BCUT2D eigenvalue weighted by Crippen LogP contribution is 2.22. The minimum Gasteiger partial charge on any atom is -0.483 e. The molecule has 1 rings (SSSR count). The molecule has 0 fully saturated rings. The summed E-state index contributed by atoms with van der Waals surface area (Å²) >= 11 is 0. The third-order valence-electron chi connectivity index (χ3n) is 2.76. The number of carbonyl (C=O) groups excluding carboxylic acids is 1. The molecule has 0 heterocycles. The number of carbonyl (C=O) groups is 2. The summed E-state index contributed by atoms with van der Waals surface area (Å²) in [6.45, 7) is 3.53. The molecule has 0 aliphatic heterocycles. The fraction of sp³-hybridized carbons (Fsp3) is 0.385. The second-order valence-electron chi connectivity index (χ2n) is 4.45. The molecule has 1 amide bonds. The molecule has 0 aliphatic carbocycles. The van der Waals surface area contributed by atoms with Crippen LogP contribution in [-0.4, -0.2) is 41.6 Å². The van der Waals surface area contributed by atoms with Crippen molar-refractivity contribution in [2.24, 2.45) is 0 Å². The summed E-state index contributed by atoms with van der Waals surface area (Å²) < 4.78 is 5.26. The first-order valence-corrected chi connectivity index (χ1v) is 5.84. The number of amides is 1. The zero-order valence-corrected chi connectivity index (χ0v) is 11.2. The molecule has 19 heavy (non-hydrogen) atoms. The van der Waals surface area contributed by atoms with Gasteiger partial charge in [0.15, 0.2) is 6.61 Å². The van der Waals surface area contributed by atoms with Crippen molar-refractivity contribution in [2.75, 3.05) is 19.4 Å². The van der Waals surface area contributed by atoms with Gasteiger partial charge in [-0.2, -0.15) is 0 Å². The summed E-state index contributed by atoms with van der Waals surface area (Å²) in [5, 5.41) is 9.00. The Morgan fingerprint density at radius 2 is 2.05 bits per heavy atom. The van der Waals surface area contributed by atoms with Crippen LogP contribution in [0.3, 0.4) is 0 Å². The molecule has 6 nitrogen and oxygen atoms in total. The maximum absolute atomic E-state index is 11.7. The van der Waals surface area contributed by atoms with Crippen molar-refractivity contribution in [3.63, 3.8) is 0 Å². The smallest absolute Gasteiger partial charge is 0.339 e. The van der Waals surface area contributed by atoms with Crippen molar-refractivity contribution in [3.8, 4) is 5.75 Å². The van der Waals surface area contributed by atoms with Crippen LogP contribution in [0.5, 0.6) is 5.75 Å². The Bertz CT molecular complexity index is 486. The minimum atomic E-state index is -1.13. The van der Waals surface area contributed by atoms with E-state index in [0.717, 1.165) is 0 Å². The highest BCUT2D eigenvalue weighted by atomic mass is 16.5. The second-order valence-corrected chi connectivity index (χ2v) is 4.45. The summed E-state index contributed by atoms with van der Waals surface area (Å²) in [4.78, 5) is 24.3. The first kappa shape index (κ1) is 14.8. The zero-order chi connectivity index (χ0) is 14.6. The maximum Gasteiger partial charge on any atom is 0.339 e. The topological polar surface area (TPSA) is 92.9 Å². The lowest BCUT2D eigenvalue weighted by molar-refractivity contribution is -0.133. The van der Waals surface area contributed by atoms with Crippen molar-refractivity contribution in [3.05, 3.63) is 23.8 Å². The van der Waals surface area contributed by atoms with E-state index in [1.807, 2.05) is 13.8 Å². The number of hydrogen-bond donors (Lipinski definition) is 2. The highest BCUT2D eigenvalue weighted by molar-refractivity contribution is 5.91. The van der Waals surface area contributed by atoms with Crippen LogP contribution in [0.1, 0.15) is 24.2 Å². The van der Waals surface area contributed by atoms with E-state index < -0.39 is 5.97 Å². The molecule has 104 valence electrons. The fourth-order valence-electron chi connectivity index (χ4n) is 1.36. The number of aromatic carboxylic acids is 1. The number of ether oxygens (including phenoxy) is 1. The van der Waals surface area contributed by atoms with E-state index in [-0.39, 0.29) is 29.9 Å². The molecule has 0 radical (unpaired) electrons. The first-order chi connectivity index (χ1) is 8.82. The van der Waals surface area contributed by atoms with Crippen LogP contribution in [0, 0.1) is 0 Å². The Labute approximate surface area is 111 Å². The van der Waals surface area contributed by atoms with E-state index in [4.69, 9.17) is 15.6 Å². The van der Waals surface area contributed by atoms with Crippen LogP contribution in [0.25, 0.3) is 0 Å². The summed E-state index contributed by atoms with van der Waals surface area (Å²) in [6.07, 6.45) is 0. The molecular formula is C13H18N2O4. The molecular weight excluding hydrogens is 248 g/mol. The van der Waals surface area contributed by atoms with Crippen LogP contribution in [0.4, 0.5) is 5.69 Å².